The third-order valence-corrected chi connectivity index (χ3v) is 3.45. The summed E-state index contributed by atoms with van der Waals surface area (Å²) in [6.07, 6.45) is 3.66. The van der Waals surface area contributed by atoms with E-state index in [1.165, 1.54) is 0 Å². The van der Waals surface area contributed by atoms with Crippen molar-refractivity contribution >= 4 is 27.5 Å². The number of aromatic nitrogens is 3. The van der Waals surface area contributed by atoms with Crippen molar-refractivity contribution in [2.24, 2.45) is 0 Å². The Morgan fingerprint density at radius 2 is 1.90 bits per heavy atom. The zero-order chi connectivity index (χ0) is 13.5. The van der Waals surface area contributed by atoms with E-state index in [0.717, 1.165) is 27.5 Å². The first-order chi connectivity index (χ1) is 9.83. The molecule has 0 saturated heterocycles. The highest BCUT2D eigenvalue weighted by Crippen LogP contribution is 2.25. The predicted octanol–water partition coefficient (Wildman–Crippen LogP) is 3.16. The minimum Gasteiger partial charge on any atom is -0.399 e. The van der Waals surface area contributed by atoms with Crippen molar-refractivity contribution in [1.29, 1.82) is 0 Å². The molecular weight excluding hydrogens is 248 g/mol. The van der Waals surface area contributed by atoms with Crippen molar-refractivity contribution in [3.8, 4) is 5.69 Å². The average Bonchev–Trinajstić information content (AvgIpc) is 2.90. The lowest BCUT2D eigenvalue weighted by Crippen LogP contribution is -1.98. The molecule has 0 spiro atoms. The quantitative estimate of drug-likeness (QED) is 0.535. The zero-order valence-electron chi connectivity index (χ0n) is 10.7. The van der Waals surface area contributed by atoms with Crippen LogP contribution in [0.2, 0.25) is 0 Å². The standard InChI is InChI=1S/C16H12N4/c17-12-5-6-13-14(9-12)18-8-7-16(13)20-15-4-2-1-3-11(15)10-19-20/h1-10H,17H2. The van der Waals surface area contributed by atoms with Crippen molar-refractivity contribution in [3.63, 3.8) is 0 Å². The van der Waals surface area contributed by atoms with Crippen molar-refractivity contribution in [1.82, 2.24) is 14.8 Å². The van der Waals surface area contributed by atoms with Crippen molar-refractivity contribution in [2.75, 3.05) is 5.73 Å². The second kappa shape index (κ2) is 4.06. The van der Waals surface area contributed by atoms with E-state index < -0.39 is 0 Å². The van der Waals surface area contributed by atoms with Crippen LogP contribution in [0, 0.1) is 0 Å². The Bertz CT molecular complexity index is 924. The summed E-state index contributed by atoms with van der Waals surface area (Å²) in [6.45, 7) is 0. The summed E-state index contributed by atoms with van der Waals surface area (Å²) in [6, 6.07) is 15.9. The average molecular weight is 260 g/mol. The van der Waals surface area contributed by atoms with Gasteiger partial charge < -0.3 is 5.73 Å². The molecule has 2 N–H and O–H groups in total. The SMILES string of the molecule is Nc1ccc2c(-n3ncc4ccccc43)ccnc2c1. The number of hydrogen-bond donors (Lipinski definition) is 1. The number of rotatable bonds is 1. The maximum atomic E-state index is 5.82. The van der Waals surface area contributed by atoms with Gasteiger partial charge in [0.2, 0.25) is 0 Å². The van der Waals surface area contributed by atoms with Gasteiger partial charge in [-0.25, -0.2) is 4.68 Å². The van der Waals surface area contributed by atoms with Gasteiger partial charge in [-0.3, -0.25) is 4.98 Å². The Labute approximate surface area is 115 Å². The van der Waals surface area contributed by atoms with Gasteiger partial charge in [0.1, 0.15) is 0 Å². The maximum absolute atomic E-state index is 5.82. The first-order valence-corrected chi connectivity index (χ1v) is 6.40. The number of para-hydroxylation sites is 1. The van der Waals surface area contributed by atoms with Crippen LogP contribution in [-0.2, 0) is 0 Å². The summed E-state index contributed by atoms with van der Waals surface area (Å²) in [5.41, 5.74) is 9.50. The molecule has 4 heteroatoms. The first kappa shape index (κ1) is 11.0. The fraction of sp³-hybridized carbons (Fsp3) is 0. The van der Waals surface area contributed by atoms with E-state index in [4.69, 9.17) is 5.73 Å². The Morgan fingerprint density at radius 3 is 2.85 bits per heavy atom. The molecule has 0 atom stereocenters. The minimum atomic E-state index is 0.715. The first-order valence-electron chi connectivity index (χ1n) is 6.40. The second-order valence-electron chi connectivity index (χ2n) is 4.72. The van der Waals surface area contributed by atoms with Crippen LogP contribution in [-0.4, -0.2) is 14.8 Å². The molecule has 2 aromatic carbocycles. The van der Waals surface area contributed by atoms with E-state index in [9.17, 15) is 0 Å². The Hall–Kier alpha value is -2.88. The molecule has 2 aromatic heterocycles. The van der Waals surface area contributed by atoms with Crippen molar-refractivity contribution in [3.05, 3.63) is 60.9 Å². The number of nitrogens with zero attached hydrogens (tertiary/aromatic N) is 3. The minimum absolute atomic E-state index is 0.715. The van der Waals surface area contributed by atoms with E-state index in [0.29, 0.717) is 5.69 Å². The summed E-state index contributed by atoms with van der Waals surface area (Å²) < 4.78 is 1.94. The lowest BCUT2D eigenvalue weighted by atomic mass is 10.1. The molecule has 4 nitrogen and oxygen atoms in total. The molecule has 0 aliphatic rings. The molecule has 2 heterocycles. The molecular formula is C16H12N4. The summed E-state index contributed by atoms with van der Waals surface area (Å²) in [5, 5.41) is 6.65. The monoisotopic (exact) mass is 260 g/mol. The molecule has 0 bridgehead atoms. The summed E-state index contributed by atoms with van der Waals surface area (Å²) in [7, 11) is 0. The Morgan fingerprint density at radius 1 is 1.00 bits per heavy atom. The molecule has 0 aliphatic heterocycles. The Kier molecular flexibility index (Phi) is 2.23. The number of pyridine rings is 1. The molecule has 0 saturated carbocycles. The molecule has 0 unspecified atom stereocenters. The van der Waals surface area contributed by atoms with Gasteiger partial charge in [0.15, 0.2) is 0 Å². The highest BCUT2D eigenvalue weighted by Gasteiger charge is 2.08. The highest BCUT2D eigenvalue weighted by atomic mass is 15.3. The van der Waals surface area contributed by atoms with Gasteiger partial charge in [-0.05, 0) is 30.3 Å². The van der Waals surface area contributed by atoms with Gasteiger partial charge in [-0.15, -0.1) is 0 Å². The number of benzene rings is 2. The van der Waals surface area contributed by atoms with E-state index in [1.807, 2.05) is 47.3 Å². The molecule has 0 fully saturated rings. The molecule has 0 radical (unpaired) electrons. The van der Waals surface area contributed by atoms with Crippen molar-refractivity contribution < 1.29 is 0 Å². The normalized spacial score (nSPS) is 11.2. The summed E-state index contributed by atoms with van der Waals surface area (Å²) in [5.74, 6) is 0. The second-order valence-corrected chi connectivity index (χ2v) is 4.72. The van der Waals surface area contributed by atoms with Crippen LogP contribution in [0.1, 0.15) is 0 Å². The number of anilines is 1. The molecule has 20 heavy (non-hydrogen) atoms. The third-order valence-electron chi connectivity index (χ3n) is 3.45. The van der Waals surface area contributed by atoms with Crippen LogP contribution in [0.5, 0.6) is 0 Å². The van der Waals surface area contributed by atoms with Gasteiger partial charge >= 0.3 is 0 Å². The number of nitrogens with two attached hydrogens (primary N) is 1. The summed E-state index contributed by atoms with van der Waals surface area (Å²) >= 11 is 0. The topological polar surface area (TPSA) is 56.7 Å². The fourth-order valence-electron chi connectivity index (χ4n) is 2.50. The van der Waals surface area contributed by atoms with Gasteiger partial charge in [0.05, 0.1) is 22.9 Å². The van der Waals surface area contributed by atoms with Crippen LogP contribution in [0.3, 0.4) is 0 Å². The number of hydrogen-bond acceptors (Lipinski definition) is 3. The van der Waals surface area contributed by atoms with Crippen LogP contribution in [0.4, 0.5) is 5.69 Å². The summed E-state index contributed by atoms with van der Waals surface area (Å²) in [4.78, 5) is 4.37. The molecule has 0 amide bonds. The van der Waals surface area contributed by atoms with Gasteiger partial charge in [0, 0.05) is 22.7 Å². The lowest BCUT2D eigenvalue weighted by Gasteiger charge is -2.08. The molecule has 0 aliphatic carbocycles. The van der Waals surface area contributed by atoms with E-state index in [2.05, 4.69) is 22.2 Å². The van der Waals surface area contributed by atoms with E-state index in [1.54, 1.807) is 6.20 Å². The lowest BCUT2D eigenvalue weighted by molar-refractivity contribution is 0.916. The smallest absolute Gasteiger partial charge is 0.0762 e. The molecule has 96 valence electrons. The number of fused-ring (bicyclic) bond motifs is 2. The third kappa shape index (κ3) is 1.55. The largest absolute Gasteiger partial charge is 0.399 e. The van der Waals surface area contributed by atoms with Crippen LogP contribution >= 0.6 is 0 Å². The van der Waals surface area contributed by atoms with E-state index in [-0.39, 0.29) is 0 Å². The van der Waals surface area contributed by atoms with Gasteiger partial charge in [-0.2, -0.15) is 5.10 Å². The maximum Gasteiger partial charge on any atom is 0.0762 e. The Balaban J connectivity index is 2.07. The highest BCUT2D eigenvalue weighted by molar-refractivity contribution is 5.91. The van der Waals surface area contributed by atoms with Crippen LogP contribution in [0.25, 0.3) is 27.5 Å². The van der Waals surface area contributed by atoms with Crippen LogP contribution in [0.15, 0.2) is 60.9 Å². The van der Waals surface area contributed by atoms with E-state index >= 15 is 0 Å². The number of nitrogen functional groups attached to an aromatic ring is 1. The fourth-order valence-corrected chi connectivity index (χ4v) is 2.50. The van der Waals surface area contributed by atoms with Gasteiger partial charge in [0.25, 0.3) is 0 Å². The zero-order valence-corrected chi connectivity index (χ0v) is 10.7. The van der Waals surface area contributed by atoms with Gasteiger partial charge in [-0.1, -0.05) is 18.2 Å². The van der Waals surface area contributed by atoms with Crippen LogP contribution < -0.4 is 5.73 Å². The van der Waals surface area contributed by atoms with Crippen molar-refractivity contribution in [2.45, 2.75) is 0 Å². The molecule has 4 rings (SSSR count). The predicted molar refractivity (Wildman–Crippen MR) is 80.8 cm³/mol. The molecule has 4 aromatic rings.